The minimum Gasteiger partial charge on any atom is -0.491 e. The molecule has 0 unspecified atom stereocenters. The maximum absolute atomic E-state index is 6.01. The van der Waals surface area contributed by atoms with E-state index in [0.29, 0.717) is 12.4 Å². The number of aromatic nitrogens is 7. The number of aromatic amines is 2. The molecule has 0 saturated carbocycles. The number of H-pyrrole nitrogens is 2. The highest BCUT2D eigenvalue weighted by molar-refractivity contribution is 5.97. The Bertz CT molecular complexity index is 1720. The van der Waals surface area contributed by atoms with Crippen molar-refractivity contribution in [2.45, 2.75) is 12.8 Å². The molecule has 0 atom stereocenters. The van der Waals surface area contributed by atoms with Gasteiger partial charge >= 0.3 is 0 Å². The second-order valence-corrected chi connectivity index (χ2v) is 9.50. The Labute approximate surface area is 219 Å². The SMILES string of the molecule is c1ccc(-c2cccc3[nH]c(-c4n[nH]c5cnc(-c6cncc(OCCN7CCCC7)c6)cc45)nc23)nc1. The number of nitrogens with zero attached hydrogens (tertiary/aromatic N) is 6. The van der Waals surface area contributed by atoms with Crippen molar-refractivity contribution in [1.29, 1.82) is 0 Å². The number of benzene rings is 1. The second-order valence-electron chi connectivity index (χ2n) is 9.50. The molecule has 1 aliphatic rings. The molecule has 188 valence electrons. The summed E-state index contributed by atoms with van der Waals surface area (Å²) in [5.74, 6) is 1.43. The fourth-order valence-electron chi connectivity index (χ4n) is 5.06. The number of nitrogens with one attached hydrogen (secondary N) is 2. The standard InChI is InChI=1S/C29H26N8O/c1-2-9-31-23(7-1)21-6-5-8-24-27(21)34-29(33-24)28-22-15-25(32-18-26(22)35-36-28)19-14-20(17-30-16-19)38-13-12-37-10-3-4-11-37/h1-2,5-9,14-18H,3-4,10-13H2,(H,33,34)(H,35,36). The monoisotopic (exact) mass is 502 g/mol. The van der Waals surface area contributed by atoms with Gasteiger partial charge in [0.2, 0.25) is 0 Å². The fourth-order valence-corrected chi connectivity index (χ4v) is 5.06. The van der Waals surface area contributed by atoms with E-state index in [0.717, 1.165) is 75.5 Å². The lowest BCUT2D eigenvalue weighted by Gasteiger charge is -2.15. The van der Waals surface area contributed by atoms with Gasteiger partial charge in [-0.1, -0.05) is 18.2 Å². The van der Waals surface area contributed by atoms with Crippen molar-refractivity contribution in [1.82, 2.24) is 40.0 Å². The van der Waals surface area contributed by atoms with Crippen molar-refractivity contribution in [2.24, 2.45) is 0 Å². The molecule has 0 bridgehead atoms. The van der Waals surface area contributed by atoms with Crippen LogP contribution in [0.2, 0.25) is 0 Å². The Balaban J connectivity index is 1.20. The Hall–Kier alpha value is -4.63. The number of imidazole rings is 1. The van der Waals surface area contributed by atoms with Crippen LogP contribution in [0.3, 0.4) is 0 Å². The van der Waals surface area contributed by atoms with Gasteiger partial charge in [0.1, 0.15) is 18.1 Å². The number of para-hydroxylation sites is 1. The normalized spacial score (nSPS) is 14.0. The van der Waals surface area contributed by atoms with Crippen LogP contribution < -0.4 is 4.74 Å². The zero-order valence-electron chi connectivity index (χ0n) is 20.8. The van der Waals surface area contributed by atoms with Crippen LogP contribution in [0.25, 0.3) is 56.0 Å². The number of fused-ring (bicyclic) bond motifs is 2. The molecule has 1 saturated heterocycles. The van der Waals surface area contributed by atoms with Gasteiger partial charge in [0.15, 0.2) is 5.82 Å². The summed E-state index contributed by atoms with van der Waals surface area (Å²) in [5, 5.41) is 8.59. The molecule has 0 aliphatic carbocycles. The number of pyridine rings is 3. The maximum atomic E-state index is 6.01. The van der Waals surface area contributed by atoms with E-state index >= 15 is 0 Å². The van der Waals surface area contributed by atoms with Gasteiger partial charge in [0.25, 0.3) is 0 Å². The quantitative estimate of drug-likeness (QED) is 0.313. The van der Waals surface area contributed by atoms with Crippen molar-refractivity contribution in [3.63, 3.8) is 0 Å². The minimum atomic E-state index is 0.649. The van der Waals surface area contributed by atoms with Crippen molar-refractivity contribution in [3.8, 4) is 39.8 Å². The molecule has 1 aromatic carbocycles. The first-order valence-corrected chi connectivity index (χ1v) is 12.9. The predicted octanol–water partition coefficient (Wildman–Crippen LogP) is 5.10. The summed E-state index contributed by atoms with van der Waals surface area (Å²) in [6, 6.07) is 15.9. The first-order valence-electron chi connectivity index (χ1n) is 12.9. The molecular weight excluding hydrogens is 476 g/mol. The van der Waals surface area contributed by atoms with E-state index in [2.05, 4.69) is 35.0 Å². The van der Waals surface area contributed by atoms with Crippen molar-refractivity contribution >= 4 is 21.9 Å². The van der Waals surface area contributed by atoms with Gasteiger partial charge < -0.3 is 9.72 Å². The summed E-state index contributed by atoms with van der Waals surface area (Å²) in [5.41, 5.74) is 6.89. The van der Waals surface area contributed by atoms with Crippen LogP contribution in [-0.2, 0) is 0 Å². The fraction of sp³-hybridized carbons (Fsp3) is 0.207. The molecule has 5 aromatic heterocycles. The lowest BCUT2D eigenvalue weighted by molar-refractivity contribution is 0.237. The van der Waals surface area contributed by atoms with Crippen molar-refractivity contribution in [3.05, 3.63) is 73.3 Å². The highest BCUT2D eigenvalue weighted by Crippen LogP contribution is 2.32. The highest BCUT2D eigenvalue weighted by atomic mass is 16.5. The molecule has 1 fully saturated rings. The predicted molar refractivity (Wildman–Crippen MR) is 147 cm³/mol. The molecule has 0 amide bonds. The van der Waals surface area contributed by atoms with E-state index in [1.165, 1.54) is 12.8 Å². The molecule has 6 aromatic rings. The molecule has 6 heterocycles. The van der Waals surface area contributed by atoms with E-state index in [1.807, 2.05) is 54.7 Å². The topological polar surface area (TPSA) is 108 Å². The Morgan fingerprint density at radius 2 is 1.84 bits per heavy atom. The summed E-state index contributed by atoms with van der Waals surface area (Å²) in [6.45, 7) is 3.91. The second kappa shape index (κ2) is 9.68. The molecule has 1 aliphatic heterocycles. The summed E-state index contributed by atoms with van der Waals surface area (Å²) in [4.78, 5) is 24.4. The third kappa shape index (κ3) is 4.26. The summed E-state index contributed by atoms with van der Waals surface area (Å²) < 4.78 is 6.01. The first-order chi connectivity index (χ1) is 18.8. The lowest BCUT2D eigenvalue weighted by atomic mass is 10.1. The lowest BCUT2D eigenvalue weighted by Crippen LogP contribution is -2.25. The molecule has 0 spiro atoms. The van der Waals surface area contributed by atoms with Crippen LogP contribution in [0, 0.1) is 0 Å². The van der Waals surface area contributed by atoms with Gasteiger partial charge in [0, 0.05) is 35.5 Å². The van der Waals surface area contributed by atoms with Crippen molar-refractivity contribution in [2.75, 3.05) is 26.2 Å². The van der Waals surface area contributed by atoms with Crippen LogP contribution in [0.15, 0.2) is 73.3 Å². The summed E-state index contributed by atoms with van der Waals surface area (Å²) in [7, 11) is 0. The van der Waals surface area contributed by atoms with Crippen LogP contribution in [-0.4, -0.2) is 66.3 Å². The maximum Gasteiger partial charge on any atom is 0.159 e. The summed E-state index contributed by atoms with van der Waals surface area (Å²) in [6.07, 6.45) is 9.70. The minimum absolute atomic E-state index is 0.649. The Morgan fingerprint density at radius 1 is 0.895 bits per heavy atom. The third-order valence-corrected chi connectivity index (χ3v) is 7.01. The molecule has 9 heteroatoms. The average Bonchev–Trinajstić information content (AvgIpc) is 3.73. The third-order valence-electron chi connectivity index (χ3n) is 7.01. The van der Waals surface area contributed by atoms with Crippen molar-refractivity contribution < 1.29 is 4.74 Å². The zero-order chi connectivity index (χ0) is 25.3. The highest BCUT2D eigenvalue weighted by Gasteiger charge is 2.17. The van der Waals surface area contributed by atoms with E-state index in [4.69, 9.17) is 9.72 Å². The number of hydrogen-bond donors (Lipinski definition) is 2. The first kappa shape index (κ1) is 22.6. The van der Waals surface area contributed by atoms with Gasteiger partial charge in [-0.25, -0.2) is 4.98 Å². The van der Waals surface area contributed by atoms with Gasteiger partial charge in [-0.3, -0.25) is 25.0 Å². The number of ether oxygens (including phenoxy) is 1. The smallest absolute Gasteiger partial charge is 0.159 e. The molecule has 38 heavy (non-hydrogen) atoms. The summed E-state index contributed by atoms with van der Waals surface area (Å²) >= 11 is 0. The molecular formula is C29H26N8O. The Kier molecular flexibility index (Phi) is 5.75. The van der Waals surface area contributed by atoms with Gasteiger partial charge in [-0.2, -0.15) is 5.10 Å². The number of hydrogen-bond acceptors (Lipinski definition) is 7. The number of rotatable bonds is 7. The number of likely N-dealkylation sites (tertiary alicyclic amines) is 1. The van der Waals surface area contributed by atoms with Crippen LogP contribution in [0.1, 0.15) is 12.8 Å². The van der Waals surface area contributed by atoms with E-state index in [1.54, 1.807) is 18.6 Å². The van der Waals surface area contributed by atoms with Crippen LogP contribution in [0.4, 0.5) is 0 Å². The average molecular weight is 503 g/mol. The van der Waals surface area contributed by atoms with E-state index < -0.39 is 0 Å². The zero-order valence-corrected chi connectivity index (χ0v) is 20.8. The largest absolute Gasteiger partial charge is 0.491 e. The Morgan fingerprint density at radius 3 is 2.74 bits per heavy atom. The molecule has 7 rings (SSSR count). The van der Waals surface area contributed by atoms with Crippen LogP contribution in [0.5, 0.6) is 5.75 Å². The van der Waals surface area contributed by atoms with E-state index in [-0.39, 0.29) is 0 Å². The molecule has 2 N–H and O–H groups in total. The van der Waals surface area contributed by atoms with Gasteiger partial charge in [-0.05, 0) is 56.3 Å². The molecule has 0 radical (unpaired) electrons. The van der Waals surface area contributed by atoms with Crippen LogP contribution >= 0.6 is 0 Å². The van der Waals surface area contributed by atoms with Gasteiger partial charge in [0.05, 0.1) is 40.3 Å². The molecule has 9 nitrogen and oxygen atoms in total. The van der Waals surface area contributed by atoms with E-state index in [9.17, 15) is 0 Å². The van der Waals surface area contributed by atoms with Gasteiger partial charge in [-0.15, -0.1) is 0 Å².